The SMILES string of the molecule is Cc1ccc(CNc2ccc(CNS(C)(=O)=O)cc2)cc1Cl. The highest BCUT2D eigenvalue weighted by Crippen LogP contribution is 2.18. The molecule has 0 aromatic heterocycles. The molecule has 0 spiro atoms. The minimum atomic E-state index is -3.16. The van der Waals surface area contributed by atoms with Crippen LogP contribution < -0.4 is 10.0 Å². The van der Waals surface area contributed by atoms with Crippen LogP contribution in [0.25, 0.3) is 0 Å². The third-order valence-corrected chi connectivity index (χ3v) is 4.30. The largest absolute Gasteiger partial charge is 0.381 e. The average Bonchev–Trinajstić information content (AvgIpc) is 2.47. The normalized spacial score (nSPS) is 11.4. The van der Waals surface area contributed by atoms with Gasteiger partial charge < -0.3 is 5.32 Å². The molecule has 2 aromatic rings. The summed E-state index contributed by atoms with van der Waals surface area (Å²) in [5, 5.41) is 4.08. The highest BCUT2D eigenvalue weighted by molar-refractivity contribution is 7.88. The van der Waals surface area contributed by atoms with Crippen LogP contribution in [-0.4, -0.2) is 14.7 Å². The summed E-state index contributed by atoms with van der Waals surface area (Å²) in [5.41, 5.74) is 4.06. The fourth-order valence-electron chi connectivity index (χ4n) is 1.91. The van der Waals surface area contributed by atoms with Gasteiger partial charge in [-0.2, -0.15) is 0 Å². The Hall–Kier alpha value is -1.56. The molecule has 0 aliphatic carbocycles. The Balaban J connectivity index is 1.92. The molecule has 0 fully saturated rings. The second-order valence-electron chi connectivity index (χ2n) is 5.23. The highest BCUT2D eigenvalue weighted by atomic mass is 35.5. The van der Waals surface area contributed by atoms with Gasteiger partial charge in [0.25, 0.3) is 0 Å². The van der Waals surface area contributed by atoms with E-state index in [4.69, 9.17) is 11.6 Å². The number of sulfonamides is 1. The van der Waals surface area contributed by atoms with Gasteiger partial charge in [-0.3, -0.25) is 0 Å². The maximum atomic E-state index is 11.0. The molecule has 0 saturated heterocycles. The molecule has 22 heavy (non-hydrogen) atoms. The summed E-state index contributed by atoms with van der Waals surface area (Å²) in [4.78, 5) is 0. The van der Waals surface area contributed by atoms with Crippen molar-refractivity contribution in [2.75, 3.05) is 11.6 Å². The van der Waals surface area contributed by atoms with E-state index in [2.05, 4.69) is 10.0 Å². The second-order valence-corrected chi connectivity index (χ2v) is 7.47. The fourth-order valence-corrected chi connectivity index (χ4v) is 2.54. The molecule has 6 heteroatoms. The summed E-state index contributed by atoms with van der Waals surface area (Å²) >= 11 is 6.10. The molecule has 2 N–H and O–H groups in total. The standard InChI is InChI=1S/C16H19ClN2O2S/c1-12-3-4-14(9-16(12)17)10-18-15-7-5-13(6-8-15)11-19-22(2,20)21/h3-9,18-19H,10-11H2,1-2H3. The van der Waals surface area contributed by atoms with E-state index < -0.39 is 10.0 Å². The molecule has 0 aliphatic rings. The highest BCUT2D eigenvalue weighted by Gasteiger charge is 2.02. The van der Waals surface area contributed by atoms with Gasteiger partial charge in [-0.05, 0) is 41.8 Å². The van der Waals surface area contributed by atoms with Crippen molar-refractivity contribution >= 4 is 27.3 Å². The van der Waals surface area contributed by atoms with Crippen LogP contribution in [0.3, 0.4) is 0 Å². The summed E-state index contributed by atoms with van der Waals surface area (Å²) in [7, 11) is -3.16. The molecule has 0 aliphatic heterocycles. The Morgan fingerprint density at radius 3 is 2.23 bits per heavy atom. The maximum Gasteiger partial charge on any atom is 0.209 e. The topological polar surface area (TPSA) is 58.2 Å². The molecule has 0 heterocycles. The lowest BCUT2D eigenvalue weighted by Gasteiger charge is -2.09. The number of halogens is 1. The van der Waals surface area contributed by atoms with Gasteiger partial charge in [0.2, 0.25) is 10.0 Å². The van der Waals surface area contributed by atoms with Crippen molar-refractivity contribution in [3.8, 4) is 0 Å². The van der Waals surface area contributed by atoms with Gasteiger partial charge in [-0.25, -0.2) is 13.1 Å². The summed E-state index contributed by atoms with van der Waals surface area (Å²) in [6.07, 6.45) is 1.15. The van der Waals surface area contributed by atoms with E-state index in [0.29, 0.717) is 13.1 Å². The van der Waals surface area contributed by atoms with E-state index in [9.17, 15) is 8.42 Å². The fraction of sp³-hybridized carbons (Fsp3) is 0.250. The van der Waals surface area contributed by atoms with Gasteiger partial charge in [0.1, 0.15) is 0 Å². The van der Waals surface area contributed by atoms with Gasteiger partial charge in [-0.15, -0.1) is 0 Å². The van der Waals surface area contributed by atoms with Crippen LogP contribution >= 0.6 is 11.6 Å². The first kappa shape index (κ1) is 16.8. The maximum absolute atomic E-state index is 11.0. The number of benzene rings is 2. The van der Waals surface area contributed by atoms with Gasteiger partial charge in [-0.1, -0.05) is 35.9 Å². The second kappa shape index (κ2) is 7.13. The van der Waals surface area contributed by atoms with Crippen molar-refractivity contribution in [2.24, 2.45) is 0 Å². The molecule has 0 amide bonds. The number of hydrogen-bond acceptors (Lipinski definition) is 3. The van der Waals surface area contributed by atoms with E-state index in [0.717, 1.165) is 33.7 Å². The van der Waals surface area contributed by atoms with Crippen LogP contribution in [0.2, 0.25) is 5.02 Å². The number of hydrogen-bond donors (Lipinski definition) is 2. The Kier molecular flexibility index (Phi) is 5.45. The lowest BCUT2D eigenvalue weighted by atomic mass is 10.1. The lowest BCUT2D eigenvalue weighted by Crippen LogP contribution is -2.21. The van der Waals surface area contributed by atoms with Crippen molar-refractivity contribution in [3.63, 3.8) is 0 Å². The smallest absolute Gasteiger partial charge is 0.209 e. The monoisotopic (exact) mass is 338 g/mol. The average molecular weight is 339 g/mol. The van der Waals surface area contributed by atoms with E-state index in [1.54, 1.807) is 0 Å². The van der Waals surface area contributed by atoms with Gasteiger partial charge in [0.15, 0.2) is 0 Å². The molecule has 4 nitrogen and oxygen atoms in total. The van der Waals surface area contributed by atoms with Gasteiger partial charge in [0.05, 0.1) is 6.26 Å². The zero-order valence-electron chi connectivity index (χ0n) is 12.6. The van der Waals surface area contributed by atoms with E-state index in [1.807, 2.05) is 49.4 Å². The van der Waals surface area contributed by atoms with Crippen LogP contribution in [0, 0.1) is 6.92 Å². The Bertz CT molecular complexity index is 743. The van der Waals surface area contributed by atoms with Crippen molar-refractivity contribution in [1.29, 1.82) is 0 Å². The molecule has 118 valence electrons. The first-order chi connectivity index (χ1) is 10.3. The van der Waals surface area contributed by atoms with Gasteiger partial charge >= 0.3 is 0 Å². The third-order valence-electron chi connectivity index (χ3n) is 3.23. The Morgan fingerprint density at radius 1 is 1.00 bits per heavy atom. The molecule has 0 atom stereocenters. The van der Waals surface area contributed by atoms with Crippen molar-refractivity contribution in [2.45, 2.75) is 20.0 Å². The predicted octanol–water partition coefficient (Wildman–Crippen LogP) is 3.31. The molecule has 2 rings (SSSR count). The summed E-state index contributed by atoms with van der Waals surface area (Å²) in [5.74, 6) is 0. The van der Waals surface area contributed by atoms with Crippen LogP contribution in [0.5, 0.6) is 0 Å². The van der Waals surface area contributed by atoms with E-state index in [1.165, 1.54) is 0 Å². The zero-order chi connectivity index (χ0) is 16.2. The summed E-state index contributed by atoms with van der Waals surface area (Å²) in [6.45, 7) is 2.95. The Morgan fingerprint density at radius 2 is 1.64 bits per heavy atom. The molecular weight excluding hydrogens is 320 g/mol. The number of aryl methyl sites for hydroxylation is 1. The third kappa shape index (κ3) is 5.33. The van der Waals surface area contributed by atoms with Crippen LogP contribution in [0.15, 0.2) is 42.5 Å². The summed E-state index contributed by atoms with van der Waals surface area (Å²) < 4.78 is 24.6. The van der Waals surface area contributed by atoms with Crippen molar-refractivity contribution in [1.82, 2.24) is 4.72 Å². The molecule has 2 aromatic carbocycles. The van der Waals surface area contributed by atoms with Crippen LogP contribution in [-0.2, 0) is 23.1 Å². The van der Waals surface area contributed by atoms with E-state index >= 15 is 0 Å². The van der Waals surface area contributed by atoms with Crippen molar-refractivity contribution in [3.05, 3.63) is 64.2 Å². The van der Waals surface area contributed by atoms with Crippen LogP contribution in [0.4, 0.5) is 5.69 Å². The molecule has 0 saturated carbocycles. The van der Waals surface area contributed by atoms with Crippen molar-refractivity contribution < 1.29 is 8.42 Å². The molecule has 0 bridgehead atoms. The minimum Gasteiger partial charge on any atom is -0.381 e. The summed E-state index contributed by atoms with van der Waals surface area (Å²) in [6, 6.07) is 13.6. The zero-order valence-corrected chi connectivity index (χ0v) is 14.1. The predicted molar refractivity (Wildman–Crippen MR) is 91.6 cm³/mol. The number of nitrogens with one attached hydrogen (secondary N) is 2. The minimum absolute atomic E-state index is 0.298. The number of rotatable bonds is 6. The first-order valence-corrected chi connectivity index (χ1v) is 9.13. The van der Waals surface area contributed by atoms with Gasteiger partial charge in [0, 0.05) is 23.8 Å². The Labute approximate surface area is 136 Å². The van der Waals surface area contributed by atoms with Crippen LogP contribution in [0.1, 0.15) is 16.7 Å². The first-order valence-electron chi connectivity index (χ1n) is 6.86. The molecular formula is C16H19ClN2O2S. The molecule has 0 unspecified atom stereocenters. The quantitative estimate of drug-likeness (QED) is 0.849. The lowest BCUT2D eigenvalue weighted by molar-refractivity contribution is 0.587. The molecule has 0 radical (unpaired) electrons. The number of anilines is 1. The van der Waals surface area contributed by atoms with E-state index in [-0.39, 0.29) is 0 Å².